The SMILES string of the molecule is C#Cc1c(SC(F)(F)F)c2ccccn2c1Cl. The van der Waals surface area contributed by atoms with Gasteiger partial charge in [0.05, 0.1) is 16.0 Å². The molecular formula is C11H5ClF3NS. The van der Waals surface area contributed by atoms with Gasteiger partial charge in [-0.3, -0.25) is 0 Å². The first-order chi connectivity index (χ1) is 7.94. The van der Waals surface area contributed by atoms with Crippen LogP contribution in [0, 0.1) is 12.3 Å². The minimum atomic E-state index is -4.40. The molecule has 0 radical (unpaired) electrons. The maximum absolute atomic E-state index is 12.4. The quantitative estimate of drug-likeness (QED) is 0.558. The summed E-state index contributed by atoms with van der Waals surface area (Å²) in [5, 5.41) is 0.120. The van der Waals surface area contributed by atoms with Gasteiger partial charge in [0.25, 0.3) is 0 Å². The molecule has 0 aromatic carbocycles. The molecule has 2 aromatic heterocycles. The van der Waals surface area contributed by atoms with E-state index >= 15 is 0 Å². The molecule has 0 fully saturated rings. The molecule has 0 bridgehead atoms. The van der Waals surface area contributed by atoms with Gasteiger partial charge >= 0.3 is 5.51 Å². The summed E-state index contributed by atoms with van der Waals surface area (Å²) in [6.45, 7) is 0. The van der Waals surface area contributed by atoms with Crippen LogP contribution in [0.2, 0.25) is 5.15 Å². The number of thioether (sulfide) groups is 1. The van der Waals surface area contributed by atoms with Crippen LogP contribution in [-0.2, 0) is 0 Å². The van der Waals surface area contributed by atoms with Crippen molar-refractivity contribution in [1.82, 2.24) is 4.40 Å². The normalized spacial score (nSPS) is 11.7. The number of aromatic nitrogens is 1. The lowest BCUT2D eigenvalue weighted by atomic mass is 10.3. The predicted molar refractivity (Wildman–Crippen MR) is 62.3 cm³/mol. The van der Waals surface area contributed by atoms with Crippen LogP contribution in [0.4, 0.5) is 13.2 Å². The van der Waals surface area contributed by atoms with Gasteiger partial charge in [-0.2, -0.15) is 13.2 Å². The maximum atomic E-state index is 12.4. The van der Waals surface area contributed by atoms with Crippen molar-refractivity contribution < 1.29 is 13.2 Å². The highest BCUT2D eigenvalue weighted by Gasteiger charge is 2.33. The van der Waals surface area contributed by atoms with Crippen LogP contribution in [0.25, 0.3) is 5.52 Å². The molecule has 0 saturated carbocycles. The molecule has 0 N–H and O–H groups in total. The summed E-state index contributed by atoms with van der Waals surface area (Å²) in [7, 11) is 0. The second-order valence-electron chi connectivity index (χ2n) is 3.14. The minimum absolute atomic E-state index is 0.0365. The Hall–Kier alpha value is -1.25. The van der Waals surface area contributed by atoms with E-state index in [9.17, 15) is 13.2 Å². The Morgan fingerprint density at radius 2 is 2.06 bits per heavy atom. The van der Waals surface area contributed by atoms with Crippen LogP contribution in [0.3, 0.4) is 0 Å². The van der Waals surface area contributed by atoms with Gasteiger partial charge in [0.15, 0.2) is 0 Å². The largest absolute Gasteiger partial charge is 0.446 e. The number of terminal acetylenes is 1. The molecular weight excluding hydrogens is 271 g/mol. The molecule has 2 rings (SSSR count). The molecule has 1 nitrogen and oxygen atoms in total. The molecule has 0 saturated heterocycles. The third-order valence-electron chi connectivity index (χ3n) is 2.10. The molecule has 6 heteroatoms. The second-order valence-corrected chi connectivity index (χ2v) is 4.58. The molecule has 0 unspecified atom stereocenters. The van der Waals surface area contributed by atoms with E-state index in [1.54, 1.807) is 24.4 Å². The average molecular weight is 276 g/mol. The Bertz CT molecular complexity index is 609. The van der Waals surface area contributed by atoms with E-state index in [2.05, 4.69) is 5.92 Å². The first kappa shape index (κ1) is 12.2. The molecule has 88 valence electrons. The Labute approximate surface area is 105 Å². The first-order valence-corrected chi connectivity index (χ1v) is 5.64. The van der Waals surface area contributed by atoms with E-state index in [0.29, 0.717) is 5.52 Å². The van der Waals surface area contributed by atoms with Crippen LogP contribution in [-0.4, -0.2) is 9.91 Å². The number of rotatable bonds is 1. The number of halogens is 4. The summed E-state index contributed by atoms with van der Waals surface area (Å²) < 4.78 is 38.7. The molecule has 2 aromatic rings. The predicted octanol–water partition coefficient (Wildman–Crippen LogP) is 4.19. The van der Waals surface area contributed by atoms with E-state index in [-0.39, 0.29) is 27.4 Å². The summed E-state index contributed by atoms with van der Waals surface area (Å²) in [6.07, 6.45) is 6.77. The topological polar surface area (TPSA) is 4.41 Å². The van der Waals surface area contributed by atoms with Crippen molar-refractivity contribution in [2.24, 2.45) is 0 Å². The third kappa shape index (κ3) is 2.24. The number of hydrogen-bond donors (Lipinski definition) is 0. The Morgan fingerprint density at radius 3 is 2.65 bits per heavy atom. The third-order valence-corrected chi connectivity index (χ3v) is 3.32. The minimum Gasteiger partial charge on any atom is -0.305 e. The molecule has 2 heterocycles. The summed E-state index contributed by atoms with van der Waals surface area (Å²) in [4.78, 5) is -0.0365. The fourth-order valence-corrected chi connectivity index (χ4v) is 2.60. The lowest BCUT2D eigenvalue weighted by Gasteiger charge is -2.04. The van der Waals surface area contributed by atoms with E-state index in [1.807, 2.05) is 0 Å². The van der Waals surface area contributed by atoms with Gasteiger partial charge in [0.2, 0.25) is 0 Å². The van der Waals surface area contributed by atoms with Crippen molar-refractivity contribution in [1.29, 1.82) is 0 Å². The van der Waals surface area contributed by atoms with Gasteiger partial charge in [0, 0.05) is 6.20 Å². The second kappa shape index (κ2) is 4.21. The highest BCUT2D eigenvalue weighted by Crippen LogP contribution is 2.43. The van der Waals surface area contributed by atoms with Gasteiger partial charge in [-0.05, 0) is 23.9 Å². The smallest absolute Gasteiger partial charge is 0.305 e. The number of nitrogens with zero attached hydrogens (tertiary/aromatic N) is 1. The zero-order chi connectivity index (χ0) is 12.6. The van der Waals surface area contributed by atoms with Crippen LogP contribution in [0.1, 0.15) is 5.56 Å². The first-order valence-electron chi connectivity index (χ1n) is 4.45. The van der Waals surface area contributed by atoms with Crippen molar-refractivity contribution in [3.63, 3.8) is 0 Å². The molecule has 0 amide bonds. The maximum Gasteiger partial charge on any atom is 0.446 e. The monoisotopic (exact) mass is 275 g/mol. The van der Waals surface area contributed by atoms with Crippen molar-refractivity contribution in [3.05, 3.63) is 35.1 Å². The van der Waals surface area contributed by atoms with Crippen molar-refractivity contribution in [2.45, 2.75) is 10.4 Å². The van der Waals surface area contributed by atoms with Crippen molar-refractivity contribution >= 4 is 28.9 Å². The highest BCUT2D eigenvalue weighted by atomic mass is 35.5. The fourth-order valence-electron chi connectivity index (χ4n) is 1.49. The molecule has 17 heavy (non-hydrogen) atoms. The van der Waals surface area contributed by atoms with E-state index in [0.717, 1.165) is 0 Å². The van der Waals surface area contributed by atoms with Crippen molar-refractivity contribution in [3.8, 4) is 12.3 Å². The van der Waals surface area contributed by atoms with Gasteiger partial charge in [-0.15, -0.1) is 6.42 Å². The number of fused-ring (bicyclic) bond motifs is 1. The van der Waals surface area contributed by atoms with Gasteiger partial charge in [-0.25, -0.2) is 0 Å². The van der Waals surface area contributed by atoms with Crippen LogP contribution in [0.5, 0.6) is 0 Å². The summed E-state index contributed by atoms with van der Waals surface area (Å²) in [5.41, 5.74) is -3.97. The van der Waals surface area contributed by atoms with Gasteiger partial charge in [-0.1, -0.05) is 23.6 Å². The van der Waals surface area contributed by atoms with Gasteiger partial charge < -0.3 is 4.40 Å². The average Bonchev–Trinajstić information content (AvgIpc) is 2.51. The van der Waals surface area contributed by atoms with E-state index in [1.165, 1.54) is 4.40 Å². The number of pyridine rings is 1. The Balaban J connectivity index is 2.72. The molecule has 0 aliphatic rings. The highest BCUT2D eigenvalue weighted by molar-refractivity contribution is 8.00. The van der Waals surface area contributed by atoms with E-state index in [4.69, 9.17) is 18.0 Å². The Kier molecular flexibility index (Phi) is 3.02. The van der Waals surface area contributed by atoms with E-state index < -0.39 is 5.51 Å². The van der Waals surface area contributed by atoms with Gasteiger partial charge in [0.1, 0.15) is 5.15 Å². The summed E-state index contributed by atoms with van der Waals surface area (Å²) in [5.74, 6) is 2.20. The zero-order valence-electron chi connectivity index (χ0n) is 8.25. The van der Waals surface area contributed by atoms with Crippen LogP contribution in [0.15, 0.2) is 29.3 Å². The lowest BCUT2D eigenvalue weighted by Crippen LogP contribution is -1.99. The number of hydrogen-bond acceptors (Lipinski definition) is 1. The van der Waals surface area contributed by atoms with Crippen LogP contribution < -0.4 is 0 Å². The Morgan fingerprint density at radius 1 is 1.35 bits per heavy atom. The fraction of sp³-hybridized carbons (Fsp3) is 0.0909. The lowest BCUT2D eigenvalue weighted by molar-refractivity contribution is -0.0327. The molecule has 0 atom stereocenters. The van der Waals surface area contributed by atoms with Crippen molar-refractivity contribution in [2.75, 3.05) is 0 Å². The summed E-state index contributed by atoms with van der Waals surface area (Å²) in [6, 6.07) is 4.84. The number of alkyl halides is 3. The molecule has 0 aliphatic heterocycles. The zero-order valence-corrected chi connectivity index (χ0v) is 9.83. The molecule has 0 aliphatic carbocycles. The molecule has 0 spiro atoms. The van der Waals surface area contributed by atoms with Crippen LogP contribution >= 0.6 is 23.4 Å². The summed E-state index contributed by atoms with van der Waals surface area (Å²) >= 11 is 5.69. The standard InChI is InChI=1S/C11H5ClF3NS/c1-2-7-9(17-11(13,14)15)8-5-3-4-6-16(8)10(7)12/h1,3-6H.